The van der Waals surface area contributed by atoms with Crippen LogP contribution in [0.2, 0.25) is 5.02 Å². The highest BCUT2D eigenvalue weighted by Gasteiger charge is 2.13. The molecule has 3 nitrogen and oxygen atoms in total. The van der Waals surface area contributed by atoms with Gasteiger partial charge in [-0.1, -0.05) is 17.7 Å². The van der Waals surface area contributed by atoms with Gasteiger partial charge < -0.3 is 9.84 Å². The Bertz CT molecular complexity index is 361. The summed E-state index contributed by atoms with van der Waals surface area (Å²) < 4.78 is 5.11. The summed E-state index contributed by atoms with van der Waals surface area (Å²) in [6.07, 6.45) is -0.121. The van der Waals surface area contributed by atoms with Crippen molar-refractivity contribution in [3.05, 3.63) is 28.3 Å². The Morgan fingerprint density at radius 2 is 2.21 bits per heavy atom. The maximum Gasteiger partial charge on any atom is 0.308 e. The molecule has 0 bridgehead atoms. The van der Waals surface area contributed by atoms with Gasteiger partial charge in [-0.15, -0.1) is 0 Å². The fourth-order valence-electron chi connectivity index (χ4n) is 1.32. The van der Waals surface area contributed by atoms with Gasteiger partial charge in [-0.3, -0.25) is 4.79 Å². The molecule has 0 amide bonds. The summed E-state index contributed by atoms with van der Waals surface area (Å²) in [6, 6.07) is 3.48. The number of hydrogen-bond donors (Lipinski definition) is 1. The van der Waals surface area contributed by atoms with E-state index in [1.54, 1.807) is 12.1 Å². The first-order valence-electron chi connectivity index (χ1n) is 4.10. The lowest BCUT2D eigenvalue weighted by Gasteiger charge is -2.11. The van der Waals surface area contributed by atoms with Gasteiger partial charge in [0.05, 0.1) is 13.5 Å². The molecule has 1 rings (SSSR count). The largest absolute Gasteiger partial charge is 0.496 e. The van der Waals surface area contributed by atoms with E-state index >= 15 is 0 Å². The lowest BCUT2D eigenvalue weighted by atomic mass is 10.1. The molecule has 1 N–H and O–H groups in total. The molecule has 0 radical (unpaired) electrons. The molecule has 0 saturated carbocycles. The van der Waals surface area contributed by atoms with Crippen LogP contribution in [0.1, 0.15) is 11.1 Å². The van der Waals surface area contributed by atoms with E-state index in [1.807, 2.05) is 6.92 Å². The summed E-state index contributed by atoms with van der Waals surface area (Å²) in [7, 11) is 1.50. The maximum atomic E-state index is 10.6. The third-order valence-electron chi connectivity index (χ3n) is 1.93. The number of halogens is 1. The number of carboxylic acids is 1. The zero-order valence-electron chi connectivity index (χ0n) is 8.00. The highest BCUT2D eigenvalue weighted by Crippen LogP contribution is 2.30. The minimum atomic E-state index is -0.921. The van der Waals surface area contributed by atoms with Crippen molar-refractivity contribution >= 4 is 17.6 Å². The van der Waals surface area contributed by atoms with Crippen LogP contribution in [0.25, 0.3) is 0 Å². The van der Waals surface area contributed by atoms with Crippen LogP contribution in [-0.2, 0) is 11.2 Å². The summed E-state index contributed by atoms with van der Waals surface area (Å²) in [4.78, 5) is 10.6. The Kier molecular flexibility index (Phi) is 3.36. The summed E-state index contributed by atoms with van der Waals surface area (Å²) in [5, 5.41) is 9.11. The van der Waals surface area contributed by atoms with Crippen LogP contribution >= 0.6 is 11.6 Å². The molecule has 0 aromatic heterocycles. The molecule has 14 heavy (non-hydrogen) atoms. The van der Waals surface area contributed by atoms with E-state index in [-0.39, 0.29) is 6.42 Å². The number of aliphatic carboxylic acids is 1. The first-order valence-corrected chi connectivity index (χ1v) is 4.47. The van der Waals surface area contributed by atoms with E-state index < -0.39 is 5.97 Å². The zero-order chi connectivity index (χ0) is 10.7. The van der Waals surface area contributed by atoms with E-state index in [0.29, 0.717) is 16.3 Å². The Morgan fingerprint density at radius 3 is 2.71 bits per heavy atom. The SMILES string of the molecule is COc1c(C)ccc(Cl)c1CC(=O)O. The zero-order valence-corrected chi connectivity index (χ0v) is 8.76. The second-order valence-corrected chi connectivity index (χ2v) is 3.35. The first-order chi connectivity index (χ1) is 6.56. The van der Waals surface area contributed by atoms with Crippen molar-refractivity contribution in [1.29, 1.82) is 0 Å². The molecule has 0 aliphatic rings. The van der Waals surface area contributed by atoms with Crippen LogP contribution in [0.5, 0.6) is 5.75 Å². The van der Waals surface area contributed by atoms with Crippen molar-refractivity contribution < 1.29 is 14.6 Å². The van der Waals surface area contributed by atoms with E-state index in [0.717, 1.165) is 5.56 Å². The molecule has 0 fully saturated rings. The Balaban J connectivity index is 3.22. The lowest BCUT2D eigenvalue weighted by Crippen LogP contribution is -2.04. The second kappa shape index (κ2) is 4.33. The highest BCUT2D eigenvalue weighted by molar-refractivity contribution is 6.31. The molecule has 1 aromatic carbocycles. The molecule has 0 saturated heterocycles. The predicted octanol–water partition coefficient (Wildman–Crippen LogP) is 2.28. The number of carboxylic acid groups (broad SMARTS) is 1. The molecule has 1 aromatic rings. The highest BCUT2D eigenvalue weighted by atomic mass is 35.5. The van der Waals surface area contributed by atoms with Crippen LogP contribution < -0.4 is 4.74 Å². The predicted molar refractivity (Wildman–Crippen MR) is 54.1 cm³/mol. The summed E-state index contributed by atoms with van der Waals surface area (Å²) in [5.74, 6) is -0.365. The number of carbonyl (C=O) groups is 1. The fourth-order valence-corrected chi connectivity index (χ4v) is 1.54. The lowest BCUT2D eigenvalue weighted by molar-refractivity contribution is -0.136. The van der Waals surface area contributed by atoms with Gasteiger partial charge in [0.15, 0.2) is 0 Å². The Morgan fingerprint density at radius 1 is 1.57 bits per heavy atom. The van der Waals surface area contributed by atoms with Crippen molar-refractivity contribution in [2.24, 2.45) is 0 Å². The standard InChI is InChI=1S/C10H11ClO3/c1-6-3-4-8(11)7(5-9(12)13)10(6)14-2/h3-4H,5H2,1-2H3,(H,12,13). The van der Waals surface area contributed by atoms with E-state index in [4.69, 9.17) is 21.4 Å². The Hall–Kier alpha value is -1.22. The topological polar surface area (TPSA) is 46.5 Å². The van der Waals surface area contributed by atoms with Crippen LogP contribution in [0.3, 0.4) is 0 Å². The monoisotopic (exact) mass is 214 g/mol. The van der Waals surface area contributed by atoms with E-state index in [9.17, 15) is 4.79 Å². The molecular formula is C10H11ClO3. The third-order valence-corrected chi connectivity index (χ3v) is 2.29. The molecule has 0 heterocycles. The minimum absolute atomic E-state index is 0.121. The van der Waals surface area contributed by atoms with Gasteiger partial charge in [-0.05, 0) is 18.6 Å². The molecule has 0 aliphatic carbocycles. The first kappa shape index (κ1) is 10.9. The van der Waals surface area contributed by atoms with Crippen molar-refractivity contribution in [1.82, 2.24) is 0 Å². The normalized spacial score (nSPS) is 9.93. The molecule has 76 valence electrons. The summed E-state index contributed by atoms with van der Waals surface area (Å²) in [6.45, 7) is 1.85. The van der Waals surface area contributed by atoms with E-state index in [1.165, 1.54) is 7.11 Å². The summed E-state index contributed by atoms with van der Waals surface area (Å²) in [5.41, 5.74) is 1.41. The second-order valence-electron chi connectivity index (χ2n) is 2.95. The number of benzene rings is 1. The van der Waals surface area contributed by atoms with Gasteiger partial charge in [0, 0.05) is 10.6 Å². The summed E-state index contributed by atoms with van der Waals surface area (Å²) >= 11 is 5.88. The molecule has 0 aliphatic heterocycles. The molecule has 4 heteroatoms. The minimum Gasteiger partial charge on any atom is -0.496 e. The molecule has 0 unspecified atom stereocenters. The van der Waals surface area contributed by atoms with Crippen molar-refractivity contribution in [3.63, 3.8) is 0 Å². The smallest absolute Gasteiger partial charge is 0.308 e. The molecule has 0 spiro atoms. The number of hydrogen-bond acceptors (Lipinski definition) is 2. The maximum absolute atomic E-state index is 10.6. The van der Waals surface area contributed by atoms with Gasteiger partial charge in [-0.25, -0.2) is 0 Å². The number of rotatable bonds is 3. The fraction of sp³-hybridized carbons (Fsp3) is 0.300. The van der Waals surface area contributed by atoms with Crippen molar-refractivity contribution in [2.75, 3.05) is 7.11 Å². The quantitative estimate of drug-likeness (QED) is 0.840. The van der Waals surface area contributed by atoms with Crippen LogP contribution in [-0.4, -0.2) is 18.2 Å². The Labute approximate surface area is 87.3 Å². The van der Waals surface area contributed by atoms with Crippen molar-refractivity contribution in [3.8, 4) is 5.75 Å². The average molecular weight is 215 g/mol. The molecular weight excluding hydrogens is 204 g/mol. The van der Waals surface area contributed by atoms with Crippen LogP contribution in [0.15, 0.2) is 12.1 Å². The third kappa shape index (κ3) is 2.17. The van der Waals surface area contributed by atoms with Crippen molar-refractivity contribution in [2.45, 2.75) is 13.3 Å². The van der Waals surface area contributed by atoms with Gasteiger partial charge in [0.2, 0.25) is 0 Å². The number of aryl methyl sites for hydroxylation is 1. The molecule has 0 atom stereocenters. The number of methoxy groups -OCH3 is 1. The van der Waals surface area contributed by atoms with Gasteiger partial charge in [0.25, 0.3) is 0 Å². The average Bonchev–Trinajstić information content (AvgIpc) is 2.11. The van der Waals surface area contributed by atoms with Gasteiger partial charge in [0.1, 0.15) is 5.75 Å². The van der Waals surface area contributed by atoms with Crippen LogP contribution in [0, 0.1) is 6.92 Å². The van der Waals surface area contributed by atoms with Crippen LogP contribution in [0.4, 0.5) is 0 Å². The van der Waals surface area contributed by atoms with Gasteiger partial charge in [-0.2, -0.15) is 0 Å². The van der Waals surface area contributed by atoms with E-state index in [2.05, 4.69) is 0 Å². The number of ether oxygens (including phenoxy) is 1. The van der Waals surface area contributed by atoms with Gasteiger partial charge >= 0.3 is 5.97 Å².